The Morgan fingerprint density at radius 2 is 2.00 bits per heavy atom. The SMILES string of the molecule is CCC[C@H](O)N1CCCC1. The first-order valence-corrected chi connectivity index (χ1v) is 4.26. The summed E-state index contributed by atoms with van der Waals surface area (Å²) >= 11 is 0. The van der Waals surface area contributed by atoms with Gasteiger partial charge in [-0.3, -0.25) is 4.90 Å². The smallest absolute Gasteiger partial charge is 0.107 e. The van der Waals surface area contributed by atoms with Gasteiger partial charge in [0.05, 0.1) is 0 Å². The third-order valence-corrected chi connectivity index (χ3v) is 2.11. The molecule has 2 heteroatoms. The predicted molar refractivity (Wildman–Crippen MR) is 41.7 cm³/mol. The highest BCUT2D eigenvalue weighted by atomic mass is 16.3. The normalized spacial score (nSPS) is 23.4. The molecule has 1 N–H and O–H groups in total. The molecule has 0 aromatic heterocycles. The van der Waals surface area contributed by atoms with Gasteiger partial charge in [-0.15, -0.1) is 0 Å². The molecule has 1 aliphatic rings. The van der Waals surface area contributed by atoms with E-state index < -0.39 is 0 Å². The molecule has 1 atom stereocenters. The monoisotopic (exact) mass is 143 g/mol. The molecular weight excluding hydrogens is 126 g/mol. The van der Waals surface area contributed by atoms with Crippen LogP contribution in [0.5, 0.6) is 0 Å². The Balaban J connectivity index is 2.18. The van der Waals surface area contributed by atoms with Gasteiger partial charge in [-0.25, -0.2) is 0 Å². The van der Waals surface area contributed by atoms with Gasteiger partial charge in [-0.1, -0.05) is 13.3 Å². The number of nitrogens with zero attached hydrogens (tertiary/aromatic N) is 1. The predicted octanol–water partition coefficient (Wildman–Crippen LogP) is 1.20. The zero-order valence-electron chi connectivity index (χ0n) is 6.71. The Kier molecular flexibility index (Phi) is 3.16. The maximum Gasteiger partial charge on any atom is 0.107 e. The van der Waals surface area contributed by atoms with Crippen molar-refractivity contribution in [1.29, 1.82) is 0 Å². The summed E-state index contributed by atoms with van der Waals surface area (Å²) in [5, 5.41) is 9.47. The van der Waals surface area contributed by atoms with Gasteiger partial charge >= 0.3 is 0 Å². The van der Waals surface area contributed by atoms with E-state index in [-0.39, 0.29) is 6.23 Å². The minimum Gasteiger partial charge on any atom is -0.378 e. The molecule has 0 aromatic rings. The van der Waals surface area contributed by atoms with Gasteiger partial charge in [0.2, 0.25) is 0 Å². The second-order valence-corrected chi connectivity index (χ2v) is 3.01. The Morgan fingerprint density at radius 1 is 1.40 bits per heavy atom. The topological polar surface area (TPSA) is 23.5 Å². The lowest BCUT2D eigenvalue weighted by Gasteiger charge is -2.21. The minimum absolute atomic E-state index is 0.160. The van der Waals surface area contributed by atoms with E-state index in [1.807, 2.05) is 0 Å². The lowest BCUT2D eigenvalue weighted by Crippen LogP contribution is -2.31. The van der Waals surface area contributed by atoms with Crippen LogP contribution >= 0.6 is 0 Å². The summed E-state index contributed by atoms with van der Waals surface area (Å²) in [6, 6.07) is 0. The van der Waals surface area contributed by atoms with Crippen LogP contribution in [0.4, 0.5) is 0 Å². The highest BCUT2D eigenvalue weighted by Gasteiger charge is 2.17. The van der Waals surface area contributed by atoms with E-state index in [2.05, 4.69) is 11.8 Å². The maximum absolute atomic E-state index is 9.47. The summed E-state index contributed by atoms with van der Waals surface area (Å²) in [7, 11) is 0. The lowest BCUT2D eigenvalue weighted by molar-refractivity contribution is 0.0136. The molecule has 0 bridgehead atoms. The first-order chi connectivity index (χ1) is 4.84. The average Bonchev–Trinajstić information content (AvgIpc) is 2.38. The van der Waals surface area contributed by atoms with Gasteiger partial charge in [0.25, 0.3) is 0 Å². The van der Waals surface area contributed by atoms with Gasteiger partial charge in [0.1, 0.15) is 6.23 Å². The summed E-state index contributed by atoms with van der Waals surface area (Å²) in [4.78, 5) is 2.17. The van der Waals surface area contributed by atoms with Crippen LogP contribution in [0, 0.1) is 0 Å². The molecule has 1 rings (SSSR count). The van der Waals surface area contributed by atoms with E-state index >= 15 is 0 Å². The number of aliphatic hydroxyl groups is 1. The molecule has 0 unspecified atom stereocenters. The number of hydrogen-bond donors (Lipinski definition) is 1. The zero-order chi connectivity index (χ0) is 7.40. The van der Waals surface area contributed by atoms with Crippen molar-refractivity contribution in [2.45, 2.75) is 38.8 Å². The molecule has 2 nitrogen and oxygen atoms in total. The molecule has 1 aliphatic heterocycles. The van der Waals surface area contributed by atoms with Crippen LogP contribution in [-0.4, -0.2) is 29.3 Å². The Labute approximate surface area is 62.8 Å². The zero-order valence-corrected chi connectivity index (χ0v) is 6.71. The summed E-state index contributed by atoms with van der Waals surface area (Å²) < 4.78 is 0. The number of rotatable bonds is 3. The van der Waals surface area contributed by atoms with Crippen LogP contribution < -0.4 is 0 Å². The van der Waals surface area contributed by atoms with Crippen molar-refractivity contribution in [3.05, 3.63) is 0 Å². The van der Waals surface area contributed by atoms with E-state index in [0.717, 1.165) is 25.9 Å². The number of aliphatic hydroxyl groups excluding tert-OH is 1. The second-order valence-electron chi connectivity index (χ2n) is 3.01. The summed E-state index contributed by atoms with van der Waals surface area (Å²) in [5.41, 5.74) is 0. The van der Waals surface area contributed by atoms with Gasteiger partial charge in [-0.2, -0.15) is 0 Å². The number of hydrogen-bond acceptors (Lipinski definition) is 2. The summed E-state index contributed by atoms with van der Waals surface area (Å²) in [5.74, 6) is 0. The summed E-state index contributed by atoms with van der Waals surface area (Å²) in [6.45, 7) is 4.31. The van der Waals surface area contributed by atoms with Crippen LogP contribution in [0.25, 0.3) is 0 Å². The third-order valence-electron chi connectivity index (χ3n) is 2.11. The van der Waals surface area contributed by atoms with Crippen LogP contribution in [-0.2, 0) is 0 Å². The molecule has 1 heterocycles. The largest absolute Gasteiger partial charge is 0.378 e. The van der Waals surface area contributed by atoms with Gasteiger partial charge in [0.15, 0.2) is 0 Å². The van der Waals surface area contributed by atoms with Gasteiger partial charge in [-0.05, 0) is 19.3 Å². The van der Waals surface area contributed by atoms with Crippen molar-refractivity contribution >= 4 is 0 Å². The first kappa shape index (κ1) is 8.02. The van der Waals surface area contributed by atoms with Crippen LogP contribution in [0.1, 0.15) is 32.6 Å². The fourth-order valence-electron chi connectivity index (χ4n) is 1.48. The van der Waals surface area contributed by atoms with Gasteiger partial charge < -0.3 is 5.11 Å². The van der Waals surface area contributed by atoms with Crippen LogP contribution in [0.2, 0.25) is 0 Å². The highest BCUT2D eigenvalue weighted by molar-refractivity contribution is 4.68. The second kappa shape index (κ2) is 3.94. The first-order valence-electron chi connectivity index (χ1n) is 4.26. The van der Waals surface area contributed by atoms with E-state index in [0.29, 0.717) is 0 Å². The lowest BCUT2D eigenvalue weighted by atomic mass is 10.3. The fourth-order valence-corrected chi connectivity index (χ4v) is 1.48. The standard InChI is InChI=1S/C8H17NO/c1-2-5-8(10)9-6-3-4-7-9/h8,10H,2-7H2,1H3/t8-/m0/s1. The van der Waals surface area contributed by atoms with Gasteiger partial charge in [0, 0.05) is 13.1 Å². The Hall–Kier alpha value is -0.0800. The molecule has 60 valence electrons. The van der Waals surface area contributed by atoms with Crippen molar-refractivity contribution < 1.29 is 5.11 Å². The molecular formula is C8H17NO. The number of likely N-dealkylation sites (tertiary alicyclic amines) is 1. The molecule has 10 heavy (non-hydrogen) atoms. The molecule has 0 saturated carbocycles. The van der Waals surface area contributed by atoms with Crippen molar-refractivity contribution in [1.82, 2.24) is 4.90 Å². The van der Waals surface area contributed by atoms with Crippen molar-refractivity contribution in [3.8, 4) is 0 Å². The molecule has 0 radical (unpaired) electrons. The van der Waals surface area contributed by atoms with E-state index in [9.17, 15) is 5.11 Å². The van der Waals surface area contributed by atoms with Crippen LogP contribution in [0.3, 0.4) is 0 Å². The highest BCUT2D eigenvalue weighted by Crippen LogP contribution is 2.12. The molecule has 1 saturated heterocycles. The Bertz CT molecular complexity index is 89.3. The molecule has 0 amide bonds. The van der Waals surface area contributed by atoms with Crippen molar-refractivity contribution in [2.75, 3.05) is 13.1 Å². The fraction of sp³-hybridized carbons (Fsp3) is 1.00. The Morgan fingerprint density at radius 3 is 2.50 bits per heavy atom. The molecule has 0 spiro atoms. The quantitative estimate of drug-likeness (QED) is 0.641. The van der Waals surface area contributed by atoms with Crippen molar-refractivity contribution in [3.63, 3.8) is 0 Å². The maximum atomic E-state index is 9.47. The van der Waals surface area contributed by atoms with E-state index in [1.54, 1.807) is 0 Å². The van der Waals surface area contributed by atoms with E-state index in [4.69, 9.17) is 0 Å². The average molecular weight is 143 g/mol. The van der Waals surface area contributed by atoms with Crippen LogP contribution in [0.15, 0.2) is 0 Å². The van der Waals surface area contributed by atoms with Crippen molar-refractivity contribution in [2.24, 2.45) is 0 Å². The minimum atomic E-state index is -0.160. The third kappa shape index (κ3) is 1.96. The molecule has 0 aliphatic carbocycles. The van der Waals surface area contributed by atoms with E-state index in [1.165, 1.54) is 12.8 Å². The molecule has 1 fully saturated rings. The molecule has 0 aromatic carbocycles. The summed E-state index contributed by atoms with van der Waals surface area (Å²) in [6.07, 6.45) is 4.38.